The fourth-order valence-electron chi connectivity index (χ4n) is 1.67. The Morgan fingerprint density at radius 3 is 3.06 bits per heavy atom. The van der Waals surface area contributed by atoms with E-state index in [9.17, 15) is 0 Å². The van der Waals surface area contributed by atoms with Crippen LogP contribution in [0.2, 0.25) is 0 Å². The molecule has 6 heteroatoms. The first-order valence-corrected chi connectivity index (χ1v) is 6.67. The van der Waals surface area contributed by atoms with E-state index in [2.05, 4.69) is 50.2 Å². The van der Waals surface area contributed by atoms with Crippen LogP contribution in [0.1, 0.15) is 19.7 Å². The Labute approximate surface area is 114 Å². The van der Waals surface area contributed by atoms with Crippen molar-refractivity contribution in [3.05, 3.63) is 28.7 Å². The zero-order chi connectivity index (χ0) is 13.0. The second-order valence-electron chi connectivity index (χ2n) is 4.01. The number of pyridine rings is 1. The predicted octanol–water partition coefficient (Wildman–Crippen LogP) is 2.43. The predicted molar refractivity (Wildman–Crippen MR) is 72.1 cm³/mol. The molecule has 0 aliphatic carbocycles. The molecule has 0 saturated heterocycles. The van der Waals surface area contributed by atoms with Crippen LogP contribution in [0.3, 0.4) is 0 Å². The smallest absolute Gasteiger partial charge is 0.228 e. The fourth-order valence-corrected chi connectivity index (χ4v) is 2.10. The Balaban J connectivity index is 2.13. The van der Waals surface area contributed by atoms with Gasteiger partial charge in [-0.2, -0.15) is 4.98 Å². The minimum atomic E-state index is 0.315. The average Bonchev–Trinajstić information content (AvgIpc) is 2.78. The largest absolute Gasteiger partial charge is 0.339 e. The van der Waals surface area contributed by atoms with Crippen molar-refractivity contribution in [2.75, 3.05) is 6.54 Å². The normalized spacial score (nSPS) is 12.6. The molecule has 0 aliphatic heterocycles. The van der Waals surface area contributed by atoms with E-state index in [-0.39, 0.29) is 0 Å². The Bertz CT molecular complexity index is 514. The van der Waals surface area contributed by atoms with E-state index >= 15 is 0 Å². The SMILES string of the molecule is CCNC(C)Cc1nc(-c2ncccc2Br)no1. The lowest BCUT2D eigenvalue weighted by atomic mass is 10.2. The topological polar surface area (TPSA) is 63.8 Å². The summed E-state index contributed by atoms with van der Waals surface area (Å²) >= 11 is 3.42. The zero-order valence-electron chi connectivity index (χ0n) is 10.4. The second kappa shape index (κ2) is 6.06. The molecule has 1 unspecified atom stereocenters. The maximum atomic E-state index is 5.23. The summed E-state index contributed by atoms with van der Waals surface area (Å²) in [5.41, 5.74) is 0.698. The van der Waals surface area contributed by atoms with Crippen molar-refractivity contribution in [3.63, 3.8) is 0 Å². The van der Waals surface area contributed by atoms with Crippen LogP contribution in [0.15, 0.2) is 27.3 Å². The number of nitrogens with one attached hydrogen (secondary N) is 1. The van der Waals surface area contributed by atoms with Gasteiger partial charge in [0.15, 0.2) is 0 Å². The van der Waals surface area contributed by atoms with Gasteiger partial charge in [-0.1, -0.05) is 12.1 Å². The Morgan fingerprint density at radius 1 is 1.50 bits per heavy atom. The van der Waals surface area contributed by atoms with Crippen molar-refractivity contribution >= 4 is 15.9 Å². The lowest BCUT2D eigenvalue weighted by Crippen LogP contribution is -2.27. The Kier molecular flexibility index (Phi) is 4.43. The molecule has 1 N–H and O–H groups in total. The van der Waals surface area contributed by atoms with Crippen LogP contribution in [0.4, 0.5) is 0 Å². The molecular weight excluding hydrogens is 296 g/mol. The van der Waals surface area contributed by atoms with Crippen LogP contribution >= 0.6 is 15.9 Å². The van der Waals surface area contributed by atoms with E-state index in [0.29, 0.717) is 29.9 Å². The van der Waals surface area contributed by atoms with Gasteiger partial charge < -0.3 is 9.84 Å². The molecule has 0 spiro atoms. The highest BCUT2D eigenvalue weighted by molar-refractivity contribution is 9.10. The molecule has 2 heterocycles. The molecule has 5 nitrogen and oxygen atoms in total. The van der Waals surface area contributed by atoms with Crippen molar-refractivity contribution < 1.29 is 4.52 Å². The van der Waals surface area contributed by atoms with Crippen LogP contribution in [-0.2, 0) is 6.42 Å². The number of nitrogens with zero attached hydrogens (tertiary/aromatic N) is 3. The van der Waals surface area contributed by atoms with Crippen molar-refractivity contribution in [2.45, 2.75) is 26.3 Å². The molecule has 18 heavy (non-hydrogen) atoms. The number of likely N-dealkylation sites (N-methyl/N-ethyl adjacent to an activating group) is 1. The lowest BCUT2D eigenvalue weighted by molar-refractivity contribution is 0.363. The third kappa shape index (κ3) is 3.14. The standard InChI is InChI=1S/C12H15BrN4O/c1-3-14-8(2)7-10-16-12(17-18-10)11-9(13)5-4-6-15-11/h4-6,8,14H,3,7H2,1-2H3. The average molecular weight is 311 g/mol. The van der Waals surface area contributed by atoms with Gasteiger partial charge >= 0.3 is 0 Å². The van der Waals surface area contributed by atoms with Crippen molar-refractivity contribution in [3.8, 4) is 11.5 Å². The number of hydrogen-bond acceptors (Lipinski definition) is 5. The summed E-state index contributed by atoms with van der Waals surface area (Å²) in [6.45, 7) is 5.08. The van der Waals surface area contributed by atoms with Gasteiger partial charge in [0.05, 0.1) is 0 Å². The third-order valence-electron chi connectivity index (χ3n) is 2.47. The van der Waals surface area contributed by atoms with E-state index in [0.717, 1.165) is 11.0 Å². The summed E-state index contributed by atoms with van der Waals surface area (Å²) in [7, 11) is 0. The molecule has 0 aliphatic rings. The first-order valence-electron chi connectivity index (χ1n) is 5.87. The first kappa shape index (κ1) is 13.2. The lowest BCUT2D eigenvalue weighted by Gasteiger charge is -2.07. The van der Waals surface area contributed by atoms with Gasteiger partial charge in [-0.15, -0.1) is 0 Å². The molecule has 0 aromatic carbocycles. The van der Waals surface area contributed by atoms with Gasteiger partial charge in [0, 0.05) is 23.1 Å². The molecule has 2 aromatic heterocycles. The number of rotatable bonds is 5. The van der Waals surface area contributed by atoms with E-state index in [1.165, 1.54) is 0 Å². The van der Waals surface area contributed by atoms with Gasteiger partial charge in [-0.05, 0) is 41.5 Å². The molecule has 0 amide bonds. The van der Waals surface area contributed by atoms with Gasteiger partial charge in [-0.25, -0.2) is 0 Å². The monoisotopic (exact) mass is 310 g/mol. The van der Waals surface area contributed by atoms with E-state index < -0.39 is 0 Å². The highest BCUT2D eigenvalue weighted by atomic mass is 79.9. The van der Waals surface area contributed by atoms with Crippen LogP contribution < -0.4 is 5.32 Å². The molecular formula is C12H15BrN4O. The minimum Gasteiger partial charge on any atom is -0.339 e. The summed E-state index contributed by atoms with van der Waals surface area (Å²) in [6, 6.07) is 4.07. The third-order valence-corrected chi connectivity index (χ3v) is 3.11. The maximum absolute atomic E-state index is 5.23. The summed E-state index contributed by atoms with van der Waals surface area (Å²) in [6.07, 6.45) is 2.42. The van der Waals surface area contributed by atoms with E-state index in [1.807, 2.05) is 12.1 Å². The molecule has 96 valence electrons. The summed E-state index contributed by atoms with van der Waals surface area (Å²) in [5, 5.41) is 7.26. The maximum Gasteiger partial charge on any atom is 0.228 e. The van der Waals surface area contributed by atoms with Crippen LogP contribution in [0.5, 0.6) is 0 Å². The quantitative estimate of drug-likeness (QED) is 0.919. The van der Waals surface area contributed by atoms with Gasteiger partial charge in [0.2, 0.25) is 11.7 Å². The van der Waals surface area contributed by atoms with E-state index in [1.54, 1.807) is 6.20 Å². The molecule has 0 fully saturated rings. The van der Waals surface area contributed by atoms with Gasteiger partial charge in [-0.3, -0.25) is 4.98 Å². The Hall–Kier alpha value is -1.27. The second-order valence-corrected chi connectivity index (χ2v) is 4.86. The molecule has 2 aromatic rings. The van der Waals surface area contributed by atoms with Gasteiger partial charge in [0.1, 0.15) is 5.69 Å². The number of halogens is 1. The van der Waals surface area contributed by atoms with Crippen LogP contribution in [-0.4, -0.2) is 27.7 Å². The zero-order valence-corrected chi connectivity index (χ0v) is 11.9. The molecule has 0 saturated carbocycles. The summed E-state index contributed by atoms with van der Waals surface area (Å²) in [4.78, 5) is 8.58. The van der Waals surface area contributed by atoms with E-state index in [4.69, 9.17) is 4.52 Å². The van der Waals surface area contributed by atoms with Gasteiger partial charge in [0.25, 0.3) is 0 Å². The van der Waals surface area contributed by atoms with Crippen molar-refractivity contribution in [1.82, 2.24) is 20.4 Å². The molecule has 2 rings (SSSR count). The highest BCUT2D eigenvalue weighted by Gasteiger charge is 2.14. The highest BCUT2D eigenvalue weighted by Crippen LogP contribution is 2.22. The molecule has 0 radical (unpaired) electrons. The van der Waals surface area contributed by atoms with Crippen LogP contribution in [0.25, 0.3) is 11.5 Å². The van der Waals surface area contributed by atoms with Crippen LogP contribution in [0, 0.1) is 0 Å². The number of hydrogen-bond donors (Lipinski definition) is 1. The summed E-state index contributed by atoms with van der Waals surface area (Å²) in [5.74, 6) is 1.14. The van der Waals surface area contributed by atoms with Crippen molar-refractivity contribution in [1.29, 1.82) is 0 Å². The molecule has 0 bridgehead atoms. The van der Waals surface area contributed by atoms with Crippen molar-refractivity contribution in [2.24, 2.45) is 0 Å². The first-order chi connectivity index (χ1) is 8.70. The molecule has 1 atom stereocenters. The minimum absolute atomic E-state index is 0.315. The Morgan fingerprint density at radius 2 is 2.33 bits per heavy atom. The summed E-state index contributed by atoms with van der Waals surface area (Å²) < 4.78 is 6.09. The fraction of sp³-hybridized carbons (Fsp3) is 0.417. The number of aromatic nitrogens is 3.